The van der Waals surface area contributed by atoms with Gasteiger partial charge < -0.3 is 15.3 Å². The number of piperidine rings is 1. The molecule has 1 saturated heterocycles. The van der Waals surface area contributed by atoms with Crippen molar-refractivity contribution in [1.82, 2.24) is 10.2 Å². The summed E-state index contributed by atoms with van der Waals surface area (Å²) in [6.07, 6.45) is 6.26. The van der Waals surface area contributed by atoms with Crippen LogP contribution in [0.4, 0.5) is 0 Å². The molecule has 2 rings (SSSR count). The molecule has 1 aliphatic carbocycles. The van der Waals surface area contributed by atoms with Gasteiger partial charge in [0.25, 0.3) is 0 Å². The lowest BCUT2D eigenvalue weighted by molar-refractivity contribution is -0.139. The molecule has 0 spiro atoms. The van der Waals surface area contributed by atoms with E-state index in [1.165, 1.54) is 6.92 Å². The number of aliphatic hydroxyl groups is 1. The minimum atomic E-state index is -0.368. The number of nitrogens with zero attached hydrogens (tertiary/aromatic N) is 1. The molecule has 2 unspecified atom stereocenters. The Kier molecular flexibility index (Phi) is 5.40. The standard InChI is InChI=1S/C15H26N2O3/c1-11(19)16-14(13-6-2-3-7-13)15(20)17-8-4-5-12(9-17)10-18/h12-14,18H,2-10H2,1H3,(H,16,19). The van der Waals surface area contributed by atoms with Crippen molar-refractivity contribution in [2.24, 2.45) is 11.8 Å². The lowest BCUT2D eigenvalue weighted by Gasteiger charge is -2.36. The van der Waals surface area contributed by atoms with Gasteiger partial charge in [0.15, 0.2) is 0 Å². The molecule has 2 N–H and O–H groups in total. The number of rotatable bonds is 4. The Labute approximate surface area is 120 Å². The van der Waals surface area contributed by atoms with Gasteiger partial charge in [0, 0.05) is 26.6 Å². The highest BCUT2D eigenvalue weighted by Gasteiger charge is 2.35. The molecule has 2 fully saturated rings. The van der Waals surface area contributed by atoms with Crippen molar-refractivity contribution in [1.29, 1.82) is 0 Å². The molecule has 1 heterocycles. The van der Waals surface area contributed by atoms with Crippen molar-refractivity contribution in [3.63, 3.8) is 0 Å². The summed E-state index contributed by atoms with van der Waals surface area (Å²) >= 11 is 0. The molecule has 2 aliphatic rings. The zero-order chi connectivity index (χ0) is 14.5. The molecule has 1 aliphatic heterocycles. The first-order chi connectivity index (χ1) is 9.61. The molecule has 1 saturated carbocycles. The number of hydrogen-bond donors (Lipinski definition) is 2. The van der Waals surface area contributed by atoms with E-state index in [2.05, 4.69) is 5.32 Å². The van der Waals surface area contributed by atoms with Gasteiger partial charge in [-0.1, -0.05) is 12.8 Å². The second kappa shape index (κ2) is 7.07. The van der Waals surface area contributed by atoms with Crippen LogP contribution in [0.15, 0.2) is 0 Å². The molecular weight excluding hydrogens is 256 g/mol. The Balaban J connectivity index is 2.02. The second-order valence-electron chi connectivity index (χ2n) is 6.20. The molecule has 5 heteroatoms. The highest BCUT2D eigenvalue weighted by molar-refractivity contribution is 5.87. The van der Waals surface area contributed by atoms with E-state index in [4.69, 9.17) is 0 Å². The van der Waals surface area contributed by atoms with Crippen molar-refractivity contribution in [3.05, 3.63) is 0 Å². The van der Waals surface area contributed by atoms with Gasteiger partial charge in [0.2, 0.25) is 11.8 Å². The summed E-state index contributed by atoms with van der Waals surface area (Å²) in [6.45, 7) is 2.98. The molecule has 5 nitrogen and oxygen atoms in total. The van der Waals surface area contributed by atoms with Crippen LogP contribution in [0.2, 0.25) is 0 Å². The molecular formula is C15H26N2O3. The number of amides is 2. The zero-order valence-corrected chi connectivity index (χ0v) is 12.3. The topological polar surface area (TPSA) is 69.6 Å². The third-order valence-electron chi connectivity index (χ3n) is 4.58. The highest BCUT2D eigenvalue weighted by atomic mass is 16.3. The number of nitrogens with one attached hydrogen (secondary N) is 1. The number of carbonyl (C=O) groups excluding carboxylic acids is 2. The van der Waals surface area contributed by atoms with E-state index in [9.17, 15) is 14.7 Å². The van der Waals surface area contributed by atoms with Crippen LogP contribution in [0.1, 0.15) is 45.4 Å². The zero-order valence-electron chi connectivity index (χ0n) is 12.3. The van der Waals surface area contributed by atoms with Crippen LogP contribution >= 0.6 is 0 Å². The van der Waals surface area contributed by atoms with Crippen molar-refractivity contribution in [3.8, 4) is 0 Å². The first kappa shape index (κ1) is 15.3. The first-order valence-corrected chi connectivity index (χ1v) is 7.78. The van der Waals surface area contributed by atoms with Crippen molar-refractivity contribution in [2.75, 3.05) is 19.7 Å². The van der Waals surface area contributed by atoms with Gasteiger partial charge in [-0.25, -0.2) is 0 Å². The lowest BCUT2D eigenvalue weighted by Crippen LogP contribution is -2.53. The largest absolute Gasteiger partial charge is 0.396 e. The molecule has 2 atom stereocenters. The summed E-state index contributed by atoms with van der Waals surface area (Å²) in [5.41, 5.74) is 0. The van der Waals surface area contributed by atoms with Crippen molar-refractivity contribution in [2.45, 2.75) is 51.5 Å². The number of carbonyl (C=O) groups is 2. The van der Waals surface area contributed by atoms with Gasteiger partial charge in [-0.05, 0) is 37.5 Å². The minimum absolute atomic E-state index is 0.0465. The Morgan fingerprint density at radius 1 is 1.25 bits per heavy atom. The monoisotopic (exact) mass is 282 g/mol. The van der Waals surface area contributed by atoms with Crippen molar-refractivity contribution >= 4 is 11.8 Å². The van der Waals surface area contributed by atoms with E-state index in [-0.39, 0.29) is 36.3 Å². The van der Waals surface area contributed by atoms with Crippen LogP contribution in [-0.4, -0.2) is 47.6 Å². The Morgan fingerprint density at radius 3 is 2.55 bits per heavy atom. The molecule has 2 amide bonds. The molecule has 114 valence electrons. The van der Waals surface area contributed by atoms with E-state index < -0.39 is 0 Å². The van der Waals surface area contributed by atoms with E-state index in [1.807, 2.05) is 4.90 Å². The number of aliphatic hydroxyl groups excluding tert-OH is 1. The average molecular weight is 282 g/mol. The Hall–Kier alpha value is -1.10. The highest BCUT2D eigenvalue weighted by Crippen LogP contribution is 2.29. The minimum Gasteiger partial charge on any atom is -0.396 e. The molecule has 0 aromatic rings. The summed E-state index contributed by atoms with van der Waals surface area (Å²) < 4.78 is 0. The van der Waals surface area contributed by atoms with Gasteiger partial charge in [0.1, 0.15) is 6.04 Å². The van der Waals surface area contributed by atoms with Crippen LogP contribution in [-0.2, 0) is 9.59 Å². The Morgan fingerprint density at radius 2 is 1.95 bits per heavy atom. The van der Waals surface area contributed by atoms with E-state index in [0.717, 1.165) is 45.1 Å². The fraction of sp³-hybridized carbons (Fsp3) is 0.867. The van der Waals surface area contributed by atoms with E-state index in [0.29, 0.717) is 6.54 Å². The summed E-state index contributed by atoms with van der Waals surface area (Å²) in [6, 6.07) is -0.368. The third kappa shape index (κ3) is 3.72. The van der Waals surface area contributed by atoms with Gasteiger partial charge in [0.05, 0.1) is 0 Å². The average Bonchev–Trinajstić information content (AvgIpc) is 2.98. The van der Waals surface area contributed by atoms with Gasteiger partial charge in [-0.3, -0.25) is 9.59 Å². The van der Waals surface area contributed by atoms with Crippen LogP contribution in [0.3, 0.4) is 0 Å². The van der Waals surface area contributed by atoms with E-state index in [1.54, 1.807) is 0 Å². The van der Waals surface area contributed by atoms with Crippen LogP contribution in [0, 0.1) is 11.8 Å². The van der Waals surface area contributed by atoms with Gasteiger partial charge in [-0.2, -0.15) is 0 Å². The Bertz CT molecular complexity index is 353. The van der Waals surface area contributed by atoms with Gasteiger partial charge in [-0.15, -0.1) is 0 Å². The van der Waals surface area contributed by atoms with Crippen LogP contribution < -0.4 is 5.32 Å². The fourth-order valence-electron chi connectivity index (χ4n) is 3.50. The fourth-order valence-corrected chi connectivity index (χ4v) is 3.50. The molecule has 0 bridgehead atoms. The number of likely N-dealkylation sites (tertiary alicyclic amines) is 1. The maximum absolute atomic E-state index is 12.7. The van der Waals surface area contributed by atoms with E-state index >= 15 is 0 Å². The predicted octanol–water partition coefficient (Wildman–Crippen LogP) is 0.912. The normalized spacial score (nSPS) is 25.5. The smallest absolute Gasteiger partial charge is 0.245 e. The third-order valence-corrected chi connectivity index (χ3v) is 4.58. The predicted molar refractivity (Wildman–Crippen MR) is 76.0 cm³/mol. The second-order valence-corrected chi connectivity index (χ2v) is 6.20. The molecule has 0 radical (unpaired) electrons. The molecule has 20 heavy (non-hydrogen) atoms. The maximum Gasteiger partial charge on any atom is 0.245 e. The number of hydrogen-bond acceptors (Lipinski definition) is 3. The van der Waals surface area contributed by atoms with Crippen LogP contribution in [0.25, 0.3) is 0 Å². The summed E-state index contributed by atoms with van der Waals surface area (Å²) in [5, 5.41) is 12.1. The molecule has 0 aromatic heterocycles. The van der Waals surface area contributed by atoms with Crippen molar-refractivity contribution < 1.29 is 14.7 Å². The summed E-state index contributed by atoms with van der Waals surface area (Å²) in [7, 11) is 0. The molecule has 0 aromatic carbocycles. The summed E-state index contributed by atoms with van der Waals surface area (Å²) in [4.78, 5) is 25.9. The first-order valence-electron chi connectivity index (χ1n) is 7.78. The summed E-state index contributed by atoms with van der Waals surface area (Å²) in [5.74, 6) is 0.381. The van der Waals surface area contributed by atoms with Gasteiger partial charge >= 0.3 is 0 Å². The quantitative estimate of drug-likeness (QED) is 0.805. The SMILES string of the molecule is CC(=O)NC(C(=O)N1CCCC(CO)C1)C1CCCC1. The van der Waals surface area contributed by atoms with Crippen LogP contribution in [0.5, 0.6) is 0 Å². The lowest BCUT2D eigenvalue weighted by atomic mass is 9.93. The maximum atomic E-state index is 12.7.